The molecular weight excluding hydrogens is 462 g/mol. The first-order valence-electron chi connectivity index (χ1n) is 10.9. The average Bonchev–Trinajstić information content (AvgIpc) is 3.42. The monoisotopic (exact) mass is 484 g/mol. The molecule has 10 heteroatoms. The van der Waals surface area contributed by atoms with Gasteiger partial charge in [0.1, 0.15) is 11.3 Å². The van der Waals surface area contributed by atoms with Crippen LogP contribution < -0.4 is 15.0 Å². The lowest BCUT2D eigenvalue weighted by molar-refractivity contribution is -0.120. The van der Waals surface area contributed by atoms with Gasteiger partial charge in [-0.2, -0.15) is 13.8 Å². The zero-order chi connectivity index (χ0) is 23.7. The number of alkyl halides is 2. The highest BCUT2D eigenvalue weighted by molar-refractivity contribution is 7.16. The SMILES string of the molecule is Cc1sc(NC(=O)C2CCN(c3nc4ccccc4o3)CC2)nc1-c1ccc(OC(F)F)cc1. The summed E-state index contributed by atoms with van der Waals surface area (Å²) < 4.78 is 34.9. The van der Waals surface area contributed by atoms with Crippen LogP contribution in [-0.2, 0) is 4.79 Å². The molecule has 2 aromatic heterocycles. The number of anilines is 2. The second kappa shape index (κ2) is 9.38. The fraction of sp³-hybridized carbons (Fsp3) is 0.292. The molecule has 2 aromatic carbocycles. The molecule has 1 saturated heterocycles. The highest BCUT2D eigenvalue weighted by Crippen LogP contribution is 2.33. The van der Waals surface area contributed by atoms with E-state index in [0.717, 1.165) is 21.5 Å². The van der Waals surface area contributed by atoms with Crippen LogP contribution in [0.3, 0.4) is 0 Å². The Labute approximate surface area is 198 Å². The number of fused-ring (bicyclic) bond motifs is 1. The molecule has 1 aliphatic rings. The maximum absolute atomic E-state index is 12.9. The molecule has 7 nitrogen and oxygen atoms in total. The van der Waals surface area contributed by atoms with Crippen molar-refractivity contribution in [3.05, 3.63) is 53.4 Å². The Balaban J connectivity index is 1.20. The van der Waals surface area contributed by atoms with Gasteiger partial charge in [-0.1, -0.05) is 12.1 Å². The van der Waals surface area contributed by atoms with E-state index in [1.807, 2.05) is 31.2 Å². The number of para-hydroxylation sites is 2. The average molecular weight is 485 g/mol. The Kier molecular flexibility index (Phi) is 6.14. The van der Waals surface area contributed by atoms with E-state index < -0.39 is 6.61 Å². The van der Waals surface area contributed by atoms with E-state index in [-0.39, 0.29) is 17.6 Å². The van der Waals surface area contributed by atoms with Gasteiger partial charge in [-0.05, 0) is 56.2 Å². The number of nitrogens with one attached hydrogen (secondary N) is 1. The van der Waals surface area contributed by atoms with Gasteiger partial charge in [0.25, 0.3) is 6.01 Å². The number of carbonyl (C=O) groups excluding carboxylic acids is 1. The third-order valence-corrected chi connectivity index (χ3v) is 6.68. The van der Waals surface area contributed by atoms with E-state index in [9.17, 15) is 13.6 Å². The molecule has 34 heavy (non-hydrogen) atoms. The number of halogens is 2. The number of thiazole rings is 1. The Hall–Kier alpha value is -3.53. The summed E-state index contributed by atoms with van der Waals surface area (Å²) in [6.07, 6.45) is 1.38. The van der Waals surface area contributed by atoms with Gasteiger partial charge >= 0.3 is 6.61 Å². The molecular formula is C24H22F2N4O3S. The van der Waals surface area contributed by atoms with Gasteiger partial charge in [-0.15, -0.1) is 11.3 Å². The van der Waals surface area contributed by atoms with E-state index in [1.165, 1.54) is 23.5 Å². The Bertz CT molecular complexity index is 1260. The summed E-state index contributed by atoms with van der Waals surface area (Å²) in [5.41, 5.74) is 3.05. The minimum atomic E-state index is -2.87. The number of piperidine rings is 1. The molecule has 1 amide bonds. The zero-order valence-electron chi connectivity index (χ0n) is 18.3. The predicted octanol–water partition coefficient (Wildman–Crippen LogP) is 5.72. The van der Waals surface area contributed by atoms with Gasteiger partial charge in [-0.3, -0.25) is 4.79 Å². The van der Waals surface area contributed by atoms with Crippen LogP contribution in [0.15, 0.2) is 52.9 Å². The number of oxazole rings is 1. The lowest BCUT2D eigenvalue weighted by Crippen LogP contribution is -2.38. The number of aromatic nitrogens is 2. The van der Waals surface area contributed by atoms with Crippen molar-refractivity contribution in [1.82, 2.24) is 9.97 Å². The summed E-state index contributed by atoms with van der Waals surface area (Å²) >= 11 is 1.39. The first-order valence-corrected chi connectivity index (χ1v) is 11.7. The summed E-state index contributed by atoms with van der Waals surface area (Å²) in [5, 5.41) is 3.46. The predicted molar refractivity (Wildman–Crippen MR) is 126 cm³/mol. The van der Waals surface area contributed by atoms with Crippen LogP contribution in [0.2, 0.25) is 0 Å². The van der Waals surface area contributed by atoms with E-state index in [1.54, 1.807) is 12.1 Å². The first-order chi connectivity index (χ1) is 16.5. The van der Waals surface area contributed by atoms with Crippen molar-refractivity contribution in [2.75, 3.05) is 23.3 Å². The molecule has 0 saturated carbocycles. The first kappa shape index (κ1) is 22.3. The molecule has 1 N–H and O–H groups in total. The van der Waals surface area contributed by atoms with Crippen molar-refractivity contribution in [2.45, 2.75) is 26.4 Å². The maximum Gasteiger partial charge on any atom is 0.387 e. The Morgan fingerprint density at radius 1 is 1.15 bits per heavy atom. The molecule has 0 bridgehead atoms. The van der Waals surface area contributed by atoms with Crippen LogP contribution in [0.5, 0.6) is 5.75 Å². The summed E-state index contributed by atoms with van der Waals surface area (Å²) in [4.78, 5) is 24.9. The Morgan fingerprint density at radius 2 is 1.88 bits per heavy atom. The summed E-state index contributed by atoms with van der Waals surface area (Å²) in [7, 11) is 0. The number of benzene rings is 2. The quantitative estimate of drug-likeness (QED) is 0.377. The normalized spacial score (nSPS) is 14.6. The van der Waals surface area contributed by atoms with Crippen LogP contribution in [0.4, 0.5) is 19.9 Å². The van der Waals surface area contributed by atoms with Crippen LogP contribution in [-0.4, -0.2) is 35.6 Å². The molecule has 0 unspecified atom stereocenters. The topological polar surface area (TPSA) is 80.5 Å². The van der Waals surface area contributed by atoms with Gasteiger partial charge in [0, 0.05) is 29.4 Å². The largest absolute Gasteiger partial charge is 0.435 e. The summed E-state index contributed by atoms with van der Waals surface area (Å²) in [5.74, 6) is -0.0957. The molecule has 5 rings (SSSR count). The number of hydrogen-bond acceptors (Lipinski definition) is 7. The second-order valence-corrected chi connectivity index (χ2v) is 9.24. The Morgan fingerprint density at radius 3 is 2.59 bits per heavy atom. The van der Waals surface area contributed by atoms with Gasteiger partial charge < -0.3 is 19.4 Å². The van der Waals surface area contributed by atoms with Gasteiger partial charge in [0.2, 0.25) is 5.91 Å². The number of ether oxygens (including phenoxy) is 1. The highest BCUT2D eigenvalue weighted by atomic mass is 32.1. The molecule has 0 spiro atoms. The van der Waals surface area contributed by atoms with Gasteiger partial charge in [0.15, 0.2) is 10.7 Å². The van der Waals surface area contributed by atoms with Gasteiger partial charge in [0.05, 0.1) is 5.69 Å². The van der Waals surface area contributed by atoms with Crippen LogP contribution in [0.1, 0.15) is 17.7 Å². The molecule has 0 atom stereocenters. The number of hydrogen-bond donors (Lipinski definition) is 1. The van der Waals surface area contributed by atoms with Gasteiger partial charge in [-0.25, -0.2) is 4.98 Å². The number of nitrogens with zero attached hydrogens (tertiary/aromatic N) is 3. The van der Waals surface area contributed by atoms with Crippen molar-refractivity contribution in [3.63, 3.8) is 0 Å². The second-order valence-electron chi connectivity index (χ2n) is 8.04. The van der Waals surface area contributed by atoms with E-state index >= 15 is 0 Å². The molecule has 4 aromatic rings. The molecule has 0 radical (unpaired) electrons. The summed E-state index contributed by atoms with van der Waals surface area (Å²) in [6, 6.07) is 14.5. The molecule has 1 fully saturated rings. The van der Waals surface area contributed by atoms with Crippen molar-refractivity contribution in [1.29, 1.82) is 0 Å². The third-order valence-electron chi connectivity index (χ3n) is 5.80. The fourth-order valence-corrected chi connectivity index (χ4v) is 4.89. The number of aryl methyl sites for hydroxylation is 1. The standard InChI is InChI=1S/C24H22F2N4O3S/c1-14-20(15-6-8-17(9-7-15)32-22(25)26)28-23(34-14)29-21(31)16-10-12-30(13-11-16)24-27-18-4-2-3-5-19(18)33-24/h2-9,16,22H,10-13H2,1H3,(H,28,29,31). The van der Waals surface area contributed by atoms with Crippen molar-refractivity contribution in [3.8, 4) is 17.0 Å². The molecule has 3 heterocycles. The molecule has 176 valence electrons. The van der Waals surface area contributed by atoms with Crippen molar-refractivity contribution >= 4 is 39.5 Å². The van der Waals surface area contributed by atoms with Crippen molar-refractivity contribution in [2.24, 2.45) is 5.92 Å². The van der Waals surface area contributed by atoms with E-state index in [4.69, 9.17) is 4.42 Å². The zero-order valence-corrected chi connectivity index (χ0v) is 19.1. The smallest absolute Gasteiger partial charge is 0.387 e. The number of amides is 1. The lowest BCUT2D eigenvalue weighted by atomic mass is 9.96. The lowest BCUT2D eigenvalue weighted by Gasteiger charge is -2.29. The van der Waals surface area contributed by atoms with Crippen LogP contribution >= 0.6 is 11.3 Å². The molecule has 1 aliphatic heterocycles. The fourth-order valence-electron chi connectivity index (χ4n) is 4.05. The van der Waals surface area contributed by atoms with E-state index in [0.29, 0.717) is 42.8 Å². The number of carbonyl (C=O) groups is 1. The summed E-state index contributed by atoms with van der Waals surface area (Å²) in [6.45, 7) is 0.404. The van der Waals surface area contributed by atoms with E-state index in [2.05, 4.69) is 24.9 Å². The maximum atomic E-state index is 12.9. The van der Waals surface area contributed by atoms with Crippen LogP contribution in [0.25, 0.3) is 22.4 Å². The minimum absolute atomic E-state index is 0.0572. The highest BCUT2D eigenvalue weighted by Gasteiger charge is 2.28. The number of rotatable bonds is 6. The van der Waals surface area contributed by atoms with Crippen LogP contribution in [0, 0.1) is 12.8 Å². The van der Waals surface area contributed by atoms with Crippen molar-refractivity contribution < 1.29 is 22.7 Å². The third kappa shape index (κ3) is 4.72. The minimum Gasteiger partial charge on any atom is -0.435 e. The molecule has 0 aliphatic carbocycles.